The molecule has 0 radical (unpaired) electrons. The molecule has 3 heterocycles. The number of hydrogen-bond acceptors (Lipinski definition) is 9. The summed E-state index contributed by atoms with van der Waals surface area (Å²) in [6, 6.07) is 10.5. The van der Waals surface area contributed by atoms with E-state index in [0.717, 1.165) is 0 Å². The van der Waals surface area contributed by atoms with Crippen molar-refractivity contribution >= 4 is 17.5 Å². The number of carbonyl (C=O) groups excluding carboxylic acids is 1. The zero-order valence-corrected chi connectivity index (χ0v) is 12.5. The van der Waals surface area contributed by atoms with E-state index in [9.17, 15) is 4.79 Å². The van der Waals surface area contributed by atoms with E-state index in [1.54, 1.807) is 43.5 Å². The fourth-order valence-corrected chi connectivity index (χ4v) is 2.23. The second kappa shape index (κ2) is 5.63. The summed E-state index contributed by atoms with van der Waals surface area (Å²) in [6.07, 6.45) is 1.51. The lowest BCUT2D eigenvalue weighted by atomic mass is 10.2. The Hall–Kier alpha value is -3.46. The van der Waals surface area contributed by atoms with E-state index in [1.807, 2.05) is 0 Å². The van der Waals surface area contributed by atoms with Gasteiger partial charge in [0.15, 0.2) is 11.5 Å². The van der Waals surface area contributed by atoms with Gasteiger partial charge < -0.3 is 14.0 Å². The van der Waals surface area contributed by atoms with Gasteiger partial charge in [0, 0.05) is 0 Å². The second-order valence-electron chi connectivity index (χ2n) is 4.80. The number of benzene rings is 1. The summed E-state index contributed by atoms with van der Waals surface area (Å²) < 4.78 is 10.3. The molecule has 2 aliphatic rings. The van der Waals surface area contributed by atoms with E-state index in [4.69, 9.17) is 14.0 Å². The number of furan rings is 1. The number of nitrogens with zero attached hydrogens (tertiary/aromatic N) is 4. The van der Waals surface area contributed by atoms with Crippen molar-refractivity contribution in [2.24, 2.45) is 15.2 Å². The number of anilines is 1. The van der Waals surface area contributed by atoms with Gasteiger partial charge in [-0.1, -0.05) is 5.59 Å². The molecule has 1 aromatic carbocycles. The maximum absolute atomic E-state index is 12.1. The molecular formula is C15H11N5O4. The first-order chi connectivity index (χ1) is 11.8. The SMILES string of the molecule is COc1ccc(N2NOC(=O)C2=C2N=NC(c3ccco3)=N2)cc1. The van der Waals surface area contributed by atoms with Crippen molar-refractivity contribution in [3.8, 4) is 5.75 Å². The van der Waals surface area contributed by atoms with E-state index in [1.165, 1.54) is 11.3 Å². The Morgan fingerprint density at radius 3 is 2.71 bits per heavy atom. The van der Waals surface area contributed by atoms with Crippen molar-refractivity contribution in [1.29, 1.82) is 0 Å². The molecule has 4 rings (SSSR count). The minimum atomic E-state index is -0.607. The summed E-state index contributed by atoms with van der Waals surface area (Å²) in [6.45, 7) is 0. The van der Waals surface area contributed by atoms with Crippen molar-refractivity contribution in [3.63, 3.8) is 0 Å². The van der Waals surface area contributed by atoms with Crippen molar-refractivity contribution in [2.75, 3.05) is 12.1 Å². The number of ether oxygens (including phenoxy) is 1. The number of aliphatic imine (C=N–C) groups is 1. The lowest BCUT2D eigenvalue weighted by Crippen LogP contribution is -2.29. The van der Waals surface area contributed by atoms with Gasteiger partial charge in [-0.3, -0.25) is 0 Å². The smallest absolute Gasteiger partial charge is 0.380 e. The number of azo groups is 1. The number of amidine groups is 1. The lowest BCUT2D eigenvalue weighted by Gasteiger charge is -2.15. The zero-order valence-electron chi connectivity index (χ0n) is 12.5. The first kappa shape index (κ1) is 14.2. The van der Waals surface area contributed by atoms with Crippen LogP contribution in [0.15, 0.2) is 73.8 Å². The highest BCUT2D eigenvalue weighted by atomic mass is 16.7. The van der Waals surface area contributed by atoms with Gasteiger partial charge in [-0.25, -0.2) is 9.80 Å². The first-order valence-corrected chi connectivity index (χ1v) is 6.96. The Morgan fingerprint density at radius 2 is 2.00 bits per heavy atom. The molecule has 1 saturated heterocycles. The Morgan fingerprint density at radius 1 is 1.17 bits per heavy atom. The number of rotatable bonds is 3. The molecule has 0 aliphatic carbocycles. The third kappa shape index (κ3) is 2.32. The average Bonchev–Trinajstić information content (AvgIpc) is 3.34. The van der Waals surface area contributed by atoms with Crippen LogP contribution in [0.25, 0.3) is 0 Å². The molecule has 0 atom stereocenters. The Bertz CT molecular complexity index is 868. The number of hydrogen-bond donors (Lipinski definition) is 1. The van der Waals surface area contributed by atoms with Crippen LogP contribution in [0.4, 0.5) is 5.69 Å². The van der Waals surface area contributed by atoms with E-state index < -0.39 is 5.97 Å². The van der Waals surface area contributed by atoms with Gasteiger partial charge in [0.2, 0.25) is 11.7 Å². The molecule has 2 aromatic rings. The van der Waals surface area contributed by atoms with Gasteiger partial charge in [-0.2, -0.15) is 4.99 Å². The predicted octanol–water partition coefficient (Wildman–Crippen LogP) is 2.15. The van der Waals surface area contributed by atoms with Gasteiger partial charge in [0.05, 0.1) is 19.1 Å². The summed E-state index contributed by atoms with van der Waals surface area (Å²) >= 11 is 0. The molecule has 0 saturated carbocycles. The van der Waals surface area contributed by atoms with Crippen LogP contribution in [-0.4, -0.2) is 18.9 Å². The van der Waals surface area contributed by atoms with E-state index in [-0.39, 0.29) is 17.4 Å². The number of carbonyl (C=O) groups is 1. The third-order valence-corrected chi connectivity index (χ3v) is 3.38. The normalized spacial score (nSPS) is 19.6. The average molecular weight is 325 g/mol. The number of nitrogens with one attached hydrogen (secondary N) is 1. The maximum Gasteiger partial charge on any atom is 0.380 e. The Balaban J connectivity index is 1.72. The van der Waals surface area contributed by atoms with Crippen LogP contribution in [0.2, 0.25) is 0 Å². The largest absolute Gasteiger partial charge is 0.497 e. The molecule has 2 aliphatic heterocycles. The molecule has 0 unspecified atom stereocenters. The zero-order chi connectivity index (χ0) is 16.5. The van der Waals surface area contributed by atoms with Crippen molar-refractivity contribution in [3.05, 3.63) is 59.9 Å². The highest BCUT2D eigenvalue weighted by molar-refractivity contribution is 6.01. The Kier molecular flexibility index (Phi) is 3.32. The molecule has 9 heteroatoms. The molecule has 1 N–H and O–H groups in total. The molecular weight excluding hydrogens is 314 g/mol. The highest BCUT2D eigenvalue weighted by Gasteiger charge is 2.34. The molecule has 1 fully saturated rings. The summed E-state index contributed by atoms with van der Waals surface area (Å²) in [5.74, 6) is 0.969. The van der Waals surface area contributed by atoms with Crippen LogP contribution in [0.5, 0.6) is 5.75 Å². The standard InChI is InChI=1S/C15H11N5O4/c1-22-10-6-4-9(5-7-10)20-12(15(21)24-19-20)14-16-13(17-18-14)11-3-2-8-23-11/h2-8,19H,1H3. The topological polar surface area (TPSA) is 101 Å². The minimum Gasteiger partial charge on any atom is -0.497 e. The molecule has 0 bridgehead atoms. The first-order valence-electron chi connectivity index (χ1n) is 6.96. The van der Waals surface area contributed by atoms with Gasteiger partial charge in [-0.05, 0) is 36.4 Å². The molecule has 0 spiro atoms. The van der Waals surface area contributed by atoms with Gasteiger partial charge in [0.25, 0.3) is 0 Å². The van der Waals surface area contributed by atoms with Crippen molar-refractivity contribution in [2.45, 2.75) is 0 Å². The summed E-state index contributed by atoms with van der Waals surface area (Å²) in [5.41, 5.74) is 3.31. The fourth-order valence-electron chi connectivity index (χ4n) is 2.23. The van der Waals surface area contributed by atoms with Crippen LogP contribution in [-0.2, 0) is 9.63 Å². The highest BCUT2D eigenvalue weighted by Crippen LogP contribution is 2.29. The van der Waals surface area contributed by atoms with Crippen molar-refractivity contribution < 1.29 is 18.8 Å². The summed E-state index contributed by atoms with van der Waals surface area (Å²) in [4.78, 5) is 21.2. The monoisotopic (exact) mass is 325 g/mol. The molecule has 24 heavy (non-hydrogen) atoms. The predicted molar refractivity (Wildman–Crippen MR) is 81.8 cm³/mol. The van der Waals surface area contributed by atoms with E-state index in [2.05, 4.69) is 20.8 Å². The molecule has 120 valence electrons. The quantitative estimate of drug-likeness (QED) is 0.868. The summed E-state index contributed by atoms with van der Waals surface area (Å²) in [5, 5.41) is 9.32. The van der Waals surface area contributed by atoms with E-state index >= 15 is 0 Å². The number of hydrazine groups is 1. The second-order valence-corrected chi connectivity index (χ2v) is 4.80. The molecule has 9 nitrogen and oxygen atoms in total. The molecule has 1 aromatic heterocycles. The van der Waals surface area contributed by atoms with Crippen LogP contribution in [0, 0.1) is 0 Å². The third-order valence-electron chi connectivity index (χ3n) is 3.38. The van der Waals surface area contributed by atoms with Crippen molar-refractivity contribution in [1.82, 2.24) is 5.59 Å². The van der Waals surface area contributed by atoms with Gasteiger partial charge in [0.1, 0.15) is 5.75 Å². The van der Waals surface area contributed by atoms with Crippen LogP contribution in [0.3, 0.4) is 0 Å². The van der Waals surface area contributed by atoms with Gasteiger partial charge >= 0.3 is 5.97 Å². The number of methoxy groups -OCH3 is 1. The van der Waals surface area contributed by atoms with Gasteiger partial charge in [-0.15, -0.1) is 10.2 Å². The minimum absolute atomic E-state index is 0.130. The van der Waals surface area contributed by atoms with Crippen LogP contribution in [0.1, 0.15) is 5.76 Å². The van der Waals surface area contributed by atoms with E-state index in [0.29, 0.717) is 17.2 Å². The Labute approximate surface area is 135 Å². The lowest BCUT2D eigenvalue weighted by molar-refractivity contribution is -0.140. The fraction of sp³-hybridized carbons (Fsp3) is 0.0667. The molecule has 0 amide bonds. The van der Waals surface area contributed by atoms with Crippen LogP contribution >= 0.6 is 0 Å². The summed E-state index contributed by atoms with van der Waals surface area (Å²) in [7, 11) is 1.58. The maximum atomic E-state index is 12.1. The van der Waals surface area contributed by atoms with Crippen LogP contribution < -0.4 is 15.3 Å².